The predicted molar refractivity (Wildman–Crippen MR) is 41.9 cm³/mol. The molecule has 0 aromatic rings. The van der Waals surface area contributed by atoms with Crippen molar-refractivity contribution in [3.8, 4) is 0 Å². The van der Waals surface area contributed by atoms with Gasteiger partial charge in [0.05, 0.1) is 6.61 Å². The Morgan fingerprint density at radius 3 is 2.60 bits per heavy atom. The van der Waals surface area contributed by atoms with Gasteiger partial charge in [-0.2, -0.15) is 0 Å². The molecule has 1 fully saturated rings. The van der Waals surface area contributed by atoms with Gasteiger partial charge in [-0.05, 0) is 18.9 Å². The first-order valence-electron chi connectivity index (χ1n) is 4.25. The van der Waals surface area contributed by atoms with E-state index in [9.17, 15) is 0 Å². The smallest absolute Gasteiger partial charge is 0.0555 e. The molecule has 2 nitrogen and oxygen atoms in total. The molecule has 0 unspecified atom stereocenters. The first-order valence-corrected chi connectivity index (χ1v) is 4.25. The molecule has 2 N–H and O–H groups in total. The van der Waals surface area contributed by atoms with Crippen LogP contribution in [0.5, 0.6) is 0 Å². The maximum absolute atomic E-state index is 8.44. The number of nitrogens with one attached hydrogen (secondary N) is 1. The van der Waals surface area contributed by atoms with E-state index in [-0.39, 0.29) is 6.61 Å². The van der Waals surface area contributed by atoms with E-state index in [4.69, 9.17) is 5.11 Å². The fourth-order valence-corrected chi connectivity index (χ4v) is 1.29. The van der Waals surface area contributed by atoms with Crippen molar-refractivity contribution < 1.29 is 5.11 Å². The van der Waals surface area contributed by atoms with Gasteiger partial charge in [0.1, 0.15) is 0 Å². The Labute approximate surface area is 62.6 Å². The molecule has 1 rings (SSSR count). The maximum atomic E-state index is 8.44. The summed E-state index contributed by atoms with van der Waals surface area (Å²) in [6, 6.07) is 0. The van der Waals surface area contributed by atoms with Gasteiger partial charge in [-0.3, -0.25) is 0 Å². The van der Waals surface area contributed by atoms with Crippen LogP contribution in [0.1, 0.15) is 25.7 Å². The largest absolute Gasteiger partial charge is 0.395 e. The lowest BCUT2D eigenvalue weighted by Gasteiger charge is -2.25. The minimum atomic E-state index is 0.269. The molecule has 0 aromatic heterocycles. The first-order chi connectivity index (χ1) is 4.93. The van der Waals surface area contributed by atoms with E-state index in [1.807, 2.05) is 0 Å². The third-order valence-corrected chi connectivity index (χ3v) is 2.24. The summed E-state index contributed by atoms with van der Waals surface area (Å²) in [5.41, 5.74) is 0. The summed E-state index contributed by atoms with van der Waals surface area (Å²) in [4.78, 5) is 0. The molecule has 60 valence electrons. The Morgan fingerprint density at radius 1 is 1.30 bits per heavy atom. The van der Waals surface area contributed by atoms with Crippen molar-refractivity contribution in [2.75, 3.05) is 19.7 Å². The fraction of sp³-hybridized carbons (Fsp3) is 1.00. The Balaban J connectivity index is 1.76. The van der Waals surface area contributed by atoms with E-state index in [2.05, 4.69) is 5.32 Å². The van der Waals surface area contributed by atoms with E-state index < -0.39 is 0 Å². The second-order valence-electron chi connectivity index (χ2n) is 3.06. The first kappa shape index (κ1) is 8.02. The van der Waals surface area contributed by atoms with Gasteiger partial charge in [-0.1, -0.05) is 19.3 Å². The topological polar surface area (TPSA) is 32.3 Å². The van der Waals surface area contributed by atoms with Gasteiger partial charge in [0.2, 0.25) is 0 Å². The Bertz CT molecular complexity index is 81.3. The Morgan fingerprint density at radius 2 is 2.10 bits per heavy atom. The van der Waals surface area contributed by atoms with E-state index in [0.29, 0.717) is 0 Å². The van der Waals surface area contributed by atoms with Crippen molar-refractivity contribution in [2.45, 2.75) is 25.7 Å². The van der Waals surface area contributed by atoms with Gasteiger partial charge in [-0.15, -0.1) is 0 Å². The van der Waals surface area contributed by atoms with Crippen LogP contribution < -0.4 is 5.32 Å². The van der Waals surface area contributed by atoms with Crippen LogP contribution in [-0.2, 0) is 0 Å². The van der Waals surface area contributed by atoms with Gasteiger partial charge < -0.3 is 10.4 Å². The number of aliphatic hydroxyl groups excluding tert-OH is 1. The lowest BCUT2D eigenvalue weighted by Crippen LogP contribution is -2.23. The number of hydrogen-bond acceptors (Lipinski definition) is 2. The average molecular weight is 143 g/mol. The van der Waals surface area contributed by atoms with E-state index in [1.165, 1.54) is 25.7 Å². The van der Waals surface area contributed by atoms with Crippen LogP contribution in [0.15, 0.2) is 0 Å². The second kappa shape index (κ2) is 4.69. The normalized spacial score (nSPS) is 18.9. The summed E-state index contributed by atoms with van der Waals surface area (Å²) < 4.78 is 0. The van der Waals surface area contributed by atoms with Gasteiger partial charge >= 0.3 is 0 Å². The summed E-state index contributed by atoms with van der Waals surface area (Å²) in [5, 5.41) is 11.6. The predicted octanol–water partition coefficient (Wildman–Crippen LogP) is 0.758. The molecule has 0 atom stereocenters. The molecule has 0 amide bonds. The molecule has 2 heteroatoms. The fourth-order valence-electron chi connectivity index (χ4n) is 1.29. The highest BCUT2D eigenvalue weighted by atomic mass is 16.3. The highest BCUT2D eigenvalue weighted by molar-refractivity contribution is 4.69. The lowest BCUT2D eigenvalue weighted by atomic mass is 9.83. The molecule has 0 saturated heterocycles. The highest BCUT2D eigenvalue weighted by Crippen LogP contribution is 2.28. The molecule has 10 heavy (non-hydrogen) atoms. The molecule has 0 aromatic carbocycles. The molecule has 1 aliphatic carbocycles. The van der Waals surface area contributed by atoms with Crippen LogP contribution >= 0.6 is 0 Å². The van der Waals surface area contributed by atoms with Crippen LogP contribution in [-0.4, -0.2) is 24.8 Å². The molecule has 0 heterocycles. The van der Waals surface area contributed by atoms with Gasteiger partial charge in [-0.25, -0.2) is 0 Å². The van der Waals surface area contributed by atoms with Crippen molar-refractivity contribution in [1.29, 1.82) is 0 Å². The van der Waals surface area contributed by atoms with Crippen LogP contribution in [0.4, 0.5) is 0 Å². The molecule has 0 aliphatic heterocycles. The zero-order valence-electron chi connectivity index (χ0n) is 6.47. The molecule has 1 saturated carbocycles. The summed E-state index contributed by atoms with van der Waals surface area (Å²) in [7, 11) is 0. The standard InChI is InChI=1S/C8H17NO/c10-7-6-9-5-4-8-2-1-3-8/h8-10H,1-7H2. The summed E-state index contributed by atoms with van der Waals surface area (Å²) >= 11 is 0. The third-order valence-electron chi connectivity index (χ3n) is 2.24. The highest BCUT2D eigenvalue weighted by Gasteiger charge is 2.15. The molecule has 1 aliphatic rings. The minimum absolute atomic E-state index is 0.269. The molecular formula is C8H17NO. The van der Waals surface area contributed by atoms with Gasteiger partial charge in [0.25, 0.3) is 0 Å². The Kier molecular flexibility index (Phi) is 3.76. The summed E-state index contributed by atoms with van der Waals surface area (Å²) in [5.74, 6) is 0.992. The third kappa shape index (κ3) is 2.67. The van der Waals surface area contributed by atoms with Crippen molar-refractivity contribution >= 4 is 0 Å². The van der Waals surface area contributed by atoms with Gasteiger partial charge in [0.15, 0.2) is 0 Å². The second-order valence-corrected chi connectivity index (χ2v) is 3.06. The lowest BCUT2D eigenvalue weighted by molar-refractivity contribution is 0.272. The number of aliphatic hydroxyl groups is 1. The summed E-state index contributed by atoms with van der Waals surface area (Å²) in [6.07, 6.45) is 5.60. The average Bonchev–Trinajstić information content (AvgIpc) is 1.84. The van der Waals surface area contributed by atoms with Crippen LogP contribution in [0.3, 0.4) is 0 Å². The van der Waals surface area contributed by atoms with E-state index in [1.54, 1.807) is 0 Å². The quantitative estimate of drug-likeness (QED) is 0.557. The van der Waals surface area contributed by atoms with Crippen molar-refractivity contribution in [3.63, 3.8) is 0 Å². The van der Waals surface area contributed by atoms with E-state index in [0.717, 1.165) is 19.0 Å². The minimum Gasteiger partial charge on any atom is -0.395 e. The van der Waals surface area contributed by atoms with Crippen LogP contribution in [0.2, 0.25) is 0 Å². The molecule has 0 radical (unpaired) electrons. The van der Waals surface area contributed by atoms with Crippen molar-refractivity contribution in [2.24, 2.45) is 5.92 Å². The zero-order chi connectivity index (χ0) is 7.23. The molecule has 0 spiro atoms. The van der Waals surface area contributed by atoms with Crippen molar-refractivity contribution in [1.82, 2.24) is 5.32 Å². The van der Waals surface area contributed by atoms with Crippen LogP contribution in [0, 0.1) is 5.92 Å². The van der Waals surface area contributed by atoms with Crippen LogP contribution in [0.25, 0.3) is 0 Å². The zero-order valence-corrected chi connectivity index (χ0v) is 6.47. The summed E-state index contributed by atoms with van der Waals surface area (Å²) in [6.45, 7) is 2.11. The number of rotatable bonds is 5. The number of hydrogen-bond donors (Lipinski definition) is 2. The SMILES string of the molecule is OCCNCCC1CCC1. The molecular weight excluding hydrogens is 126 g/mol. The monoisotopic (exact) mass is 143 g/mol. The Hall–Kier alpha value is -0.0800. The molecule has 0 bridgehead atoms. The van der Waals surface area contributed by atoms with Gasteiger partial charge in [0, 0.05) is 6.54 Å². The van der Waals surface area contributed by atoms with Crippen molar-refractivity contribution in [3.05, 3.63) is 0 Å². The maximum Gasteiger partial charge on any atom is 0.0555 e. The van der Waals surface area contributed by atoms with E-state index >= 15 is 0 Å².